The number of hydrazine groups is 1. The van der Waals surface area contributed by atoms with Gasteiger partial charge in [0, 0.05) is 21.5 Å². The molecule has 1 fully saturated rings. The summed E-state index contributed by atoms with van der Waals surface area (Å²) in [7, 11) is 0. The normalized spacial score (nSPS) is 18.1. The highest BCUT2D eigenvalue weighted by Gasteiger charge is 2.17. The van der Waals surface area contributed by atoms with Crippen molar-refractivity contribution in [2.45, 2.75) is 43.4 Å². The molecule has 1 atom stereocenters. The Morgan fingerprint density at radius 2 is 1.94 bits per heavy atom. The van der Waals surface area contributed by atoms with E-state index in [-0.39, 0.29) is 0 Å². The van der Waals surface area contributed by atoms with E-state index in [1.165, 1.54) is 31.2 Å². The number of hydrogen-bond acceptors (Lipinski definition) is 3. The number of rotatable bonds is 6. The van der Waals surface area contributed by atoms with Gasteiger partial charge in [-0.05, 0) is 37.0 Å². The van der Waals surface area contributed by atoms with Crippen LogP contribution in [0, 0.1) is 0 Å². The molecule has 2 nitrogen and oxygen atoms in total. The van der Waals surface area contributed by atoms with Crippen LogP contribution < -0.4 is 11.3 Å². The lowest BCUT2D eigenvalue weighted by molar-refractivity contribution is 0.574. The molecule has 0 spiro atoms. The molecule has 1 aliphatic carbocycles. The van der Waals surface area contributed by atoms with Gasteiger partial charge in [-0.2, -0.15) is 11.8 Å². The lowest BCUT2D eigenvalue weighted by Gasteiger charge is -2.18. The Labute approximate surface area is 122 Å². The third-order valence-electron chi connectivity index (χ3n) is 3.47. The molecule has 1 aromatic carbocycles. The molecule has 0 saturated heterocycles. The lowest BCUT2D eigenvalue weighted by Crippen LogP contribution is -2.39. The summed E-state index contributed by atoms with van der Waals surface area (Å²) in [6.07, 6.45) is 6.60. The highest BCUT2D eigenvalue weighted by atomic mass is 79.9. The molecular formula is C14H21BrN2S. The van der Waals surface area contributed by atoms with Gasteiger partial charge >= 0.3 is 0 Å². The first-order valence-electron chi connectivity index (χ1n) is 6.60. The van der Waals surface area contributed by atoms with Gasteiger partial charge in [-0.1, -0.05) is 40.9 Å². The summed E-state index contributed by atoms with van der Waals surface area (Å²) in [5.41, 5.74) is 4.30. The van der Waals surface area contributed by atoms with Crippen molar-refractivity contribution in [1.29, 1.82) is 0 Å². The molecule has 0 radical (unpaired) electrons. The molecule has 1 aromatic rings. The van der Waals surface area contributed by atoms with Crippen molar-refractivity contribution in [3.63, 3.8) is 0 Å². The van der Waals surface area contributed by atoms with Crippen molar-refractivity contribution in [3.05, 3.63) is 34.3 Å². The second-order valence-electron chi connectivity index (χ2n) is 4.93. The highest BCUT2D eigenvalue weighted by molar-refractivity contribution is 9.10. The first-order valence-corrected chi connectivity index (χ1v) is 8.44. The van der Waals surface area contributed by atoms with Gasteiger partial charge in [0.2, 0.25) is 0 Å². The Morgan fingerprint density at radius 3 is 2.56 bits per heavy atom. The van der Waals surface area contributed by atoms with Crippen LogP contribution in [0.25, 0.3) is 0 Å². The van der Waals surface area contributed by atoms with Crippen LogP contribution in [0.4, 0.5) is 0 Å². The lowest BCUT2D eigenvalue weighted by atomic mass is 10.1. The van der Waals surface area contributed by atoms with Crippen LogP contribution in [-0.4, -0.2) is 17.0 Å². The quantitative estimate of drug-likeness (QED) is 0.620. The highest BCUT2D eigenvalue weighted by Crippen LogP contribution is 2.29. The maximum atomic E-state index is 5.66. The van der Waals surface area contributed by atoms with Gasteiger partial charge in [0.05, 0.1) is 0 Å². The Kier molecular flexibility index (Phi) is 6.02. The third-order valence-corrected chi connectivity index (χ3v) is 5.53. The fourth-order valence-electron chi connectivity index (χ4n) is 2.38. The van der Waals surface area contributed by atoms with Crippen LogP contribution in [-0.2, 0) is 6.42 Å². The SMILES string of the molecule is NNC(CSC1CCCC1)Cc1ccc(Br)cc1. The molecule has 3 N–H and O–H groups in total. The van der Waals surface area contributed by atoms with E-state index in [9.17, 15) is 0 Å². The summed E-state index contributed by atoms with van der Waals surface area (Å²) in [4.78, 5) is 0. The fourth-order valence-corrected chi connectivity index (χ4v) is 4.03. The van der Waals surface area contributed by atoms with Gasteiger partial charge in [-0.3, -0.25) is 11.3 Å². The number of halogens is 1. The fraction of sp³-hybridized carbons (Fsp3) is 0.571. The zero-order valence-corrected chi connectivity index (χ0v) is 13.0. The molecule has 2 rings (SSSR count). The van der Waals surface area contributed by atoms with Crippen LogP contribution in [0.1, 0.15) is 31.2 Å². The molecule has 1 saturated carbocycles. The Hall–Kier alpha value is -0.0300. The van der Waals surface area contributed by atoms with Gasteiger partial charge in [0.25, 0.3) is 0 Å². The van der Waals surface area contributed by atoms with E-state index in [2.05, 4.69) is 57.4 Å². The van der Waals surface area contributed by atoms with E-state index in [0.29, 0.717) is 6.04 Å². The molecule has 4 heteroatoms. The Balaban J connectivity index is 1.79. The predicted octanol–water partition coefficient (Wildman–Crippen LogP) is 3.50. The topological polar surface area (TPSA) is 38.0 Å². The molecular weight excluding hydrogens is 308 g/mol. The maximum Gasteiger partial charge on any atom is 0.0341 e. The van der Waals surface area contributed by atoms with Crippen LogP contribution in [0.5, 0.6) is 0 Å². The molecule has 0 bridgehead atoms. The Morgan fingerprint density at radius 1 is 1.28 bits per heavy atom. The number of thioether (sulfide) groups is 1. The van der Waals surface area contributed by atoms with E-state index < -0.39 is 0 Å². The largest absolute Gasteiger partial charge is 0.271 e. The number of benzene rings is 1. The minimum absolute atomic E-state index is 0.372. The van der Waals surface area contributed by atoms with Gasteiger partial charge in [0.15, 0.2) is 0 Å². The van der Waals surface area contributed by atoms with Crippen LogP contribution in [0.2, 0.25) is 0 Å². The number of hydrogen-bond donors (Lipinski definition) is 2. The molecule has 0 aromatic heterocycles. The summed E-state index contributed by atoms with van der Waals surface area (Å²) in [6.45, 7) is 0. The average molecular weight is 329 g/mol. The van der Waals surface area contributed by atoms with Crippen LogP contribution >= 0.6 is 27.7 Å². The summed E-state index contributed by atoms with van der Waals surface area (Å²) in [5.74, 6) is 6.77. The molecule has 1 aliphatic rings. The summed E-state index contributed by atoms with van der Waals surface area (Å²) in [5, 5.41) is 0.866. The first-order chi connectivity index (χ1) is 8.78. The van der Waals surface area contributed by atoms with E-state index in [0.717, 1.165) is 21.9 Å². The van der Waals surface area contributed by atoms with Crippen molar-refractivity contribution >= 4 is 27.7 Å². The zero-order valence-electron chi connectivity index (χ0n) is 10.6. The maximum absolute atomic E-state index is 5.66. The predicted molar refractivity (Wildman–Crippen MR) is 83.7 cm³/mol. The van der Waals surface area contributed by atoms with Gasteiger partial charge in [0.1, 0.15) is 0 Å². The van der Waals surface area contributed by atoms with Crippen molar-refractivity contribution < 1.29 is 0 Å². The van der Waals surface area contributed by atoms with E-state index in [1.54, 1.807) is 0 Å². The molecule has 100 valence electrons. The van der Waals surface area contributed by atoms with Crippen LogP contribution in [0.15, 0.2) is 28.7 Å². The van der Waals surface area contributed by atoms with Crippen molar-refractivity contribution in [1.82, 2.24) is 5.43 Å². The molecule has 18 heavy (non-hydrogen) atoms. The molecule has 0 aliphatic heterocycles. The zero-order chi connectivity index (χ0) is 12.8. The average Bonchev–Trinajstić information content (AvgIpc) is 2.90. The molecule has 0 amide bonds. The second kappa shape index (κ2) is 7.53. The van der Waals surface area contributed by atoms with Gasteiger partial charge < -0.3 is 0 Å². The van der Waals surface area contributed by atoms with Gasteiger partial charge in [-0.15, -0.1) is 0 Å². The van der Waals surface area contributed by atoms with Crippen molar-refractivity contribution in [3.8, 4) is 0 Å². The standard InChI is InChI=1S/C14H21BrN2S/c15-12-7-5-11(6-8-12)9-13(17-16)10-18-14-3-1-2-4-14/h5-8,13-14,17H,1-4,9-10,16H2. The van der Waals surface area contributed by atoms with Gasteiger partial charge in [-0.25, -0.2) is 0 Å². The summed E-state index contributed by atoms with van der Waals surface area (Å²) >= 11 is 5.55. The molecule has 0 heterocycles. The number of nitrogens with one attached hydrogen (secondary N) is 1. The third kappa shape index (κ3) is 4.57. The Bertz CT molecular complexity index is 349. The number of nitrogens with two attached hydrogens (primary N) is 1. The van der Waals surface area contributed by atoms with E-state index in [1.807, 2.05) is 0 Å². The second-order valence-corrected chi connectivity index (χ2v) is 7.18. The van der Waals surface area contributed by atoms with Crippen molar-refractivity contribution in [2.75, 3.05) is 5.75 Å². The monoisotopic (exact) mass is 328 g/mol. The summed E-state index contributed by atoms with van der Waals surface area (Å²) in [6, 6.07) is 8.88. The summed E-state index contributed by atoms with van der Waals surface area (Å²) < 4.78 is 1.13. The molecule has 1 unspecified atom stereocenters. The van der Waals surface area contributed by atoms with E-state index in [4.69, 9.17) is 5.84 Å². The first kappa shape index (κ1) is 14.4. The minimum Gasteiger partial charge on any atom is -0.271 e. The minimum atomic E-state index is 0.372. The van der Waals surface area contributed by atoms with Crippen molar-refractivity contribution in [2.24, 2.45) is 5.84 Å². The van der Waals surface area contributed by atoms with Crippen LogP contribution in [0.3, 0.4) is 0 Å². The van der Waals surface area contributed by atoms with E-state index >= 15 is 0 Å². The smallest absolute Gasteiger partial charge is 0.0341 e.